The second-order valence-corrected chi connectivity index (χ2v) is 8.67. The van der Waals surface area contributed by atoms with Gasteiger partial charge >= 0.3 is 0 Å². The largest absolute Gasteiger partial charge is 0.379 e. The fourth-order valence-electron chi connectivity index (χ4n) is 3.34. The van der Waals surface area contributed by atoms with Gasteiger partial charge < -0.3 is 9.30 Å². The fraction of sp³-hybridized carbons (Fsp3) is 0.300. The fourth-order valence-corrected chi connectivity index (χ4v) is 5.28. The van der Waals surface area contributed by atoms with Gasteiger partial charge in [0.2, 0.25) is 0 Å². The topological polar surface area (TPSA) is 69.0 Å². The summed E-state index contributed by atoms with van der Waals surface area (Å²) in [5.74, 6) is 0.838. The van der Waals surface area contributed by atoms with Crippen molar-refractivity contribution in [2.45, 2.75) is 16.7 Å². The van der Waals surface area contributed by atoms with E-state index in [9.17, 15) is 0 Å². The maximum Gasteiger partial charge on any atom is 0.197 e. The highest BCUT2D eigenvalue weighted by molar-refractivity contribution is 7.99. The summed E-state index contributed by atoms with van der Waals surface area (Å²) in [4.78, 5) is 13.2. The van der Waals surface area contributed by atoms with E-state index < -0.39 is 0 Å². The molecule has 1 aliphatic rings. The van der Waals surface area contributed by atoms with Crippen LogP contribution in [0.4, 0.5) is 0 Å². The normalized spacial score (nSPS) is 15.2. The van der Waals surface area contributed by atoms with Crippen LogP contribution in [-0.4, -0.2) is 55.9 Å². The summed E-state index contributed by atoms with van der Waals surface area (Å²) in [5.41, 5.74) is 2.33. The predicted molar refractivity (Wildman–Crippen MR) is 114 cm³/mol. The SMILES string of the molecule is Cn1cnnc1Sc1nc(CN2CCOCC2)nc2scc(-c3ccccc3)c12. The number of hydrogen-bond donors (Lipinski definition) is 0. The van der Waals surface area contributed by atoms with Gasteiger partial charge in [0.25, 0.3) is 0 Å². The lowest BCUT2D eigenvalue weighted by Crippen LogP contribution is -2.36. The van der Waals surface area contributed by atoms with Crippen LogP contribution in [0.15, 0.2) is 52.2 Å². The Balaban J connectivity index is 1.59. The first-order valence-corrected chi connectivity index (χ1v) is 11.1. The number of thiophene rings is 1. The Hall–Kier alpha value is -2.33. The van der Waals surface area contributed by atoms with Crippen molar-refractivity contribution in [2.24, 2.45) is 7.05 Å². The summed E-state index contributed by atoms with van der Waals surface area (Å²) in [6.45, 7) is 4.07. The average molecular weight is 425 g/mol. The van der Waals surface area contributed by atoms with Crippen molar-refractivity contribution in [1.29, 1.82) is 0 Å². The molecule has 1 aromatic carbocycles. The number of morpholine rings is 1. The summed E-state index contributed by atoms with van der Waals surface area (Å²) in [7, 11) is 1.95. The van der Waals surface area contributed by atoms with Crippen LogP contribution in [0, 0.1) is 0 Å². The maximum atomic E-state index is 5.46. The number of nitrogens with zero attached hydrogens (tertiary/aromatic N) is 6. The molecular formula is C20H20N6OS2. The van der Waals surface area contributed by atoms with E-state index in [1.807, 2.05) is 17.7 Å². The number of fused-ring (bicyclic) bond motifs is 1. The lowest BCUT2D eigenvalue weighted by Gasteiger charge is -2.25. The van der Waals surface area contributed by atoms with Crippen LogP contribution in [0.2, 0.25) is 0 Å². The molecule has 0 unspecified atom stereocenters. The summed E-state index contributed by atoms with van der Waals surface area (Å²) >= 11 is 3.21. The quantitative estimate of drug-likeness (QED) is 0.454. The number of rotatable bonds is 5. The first-order valence-electron chi connectivity index (χ1n) is 9.43. The first-order chi connectivity index (χ1) is 14.3. The Morgan fingerprint density at radius 3 is 2.72 bits per heavy atom. The van der Waals surface area contributed by atoms with Crippen molar-refractivity contribution in [1.82, 2.24) is 29.6 Å². The van der Waals surface area contributed by atoms with Crippen molar-refractivity contribution in [3.8, 4) is 11.1 Å². The molecule has 1 aliphatic heterocycles. The molecule has 7 nitrogen and oxygen atoms in total. The van der Waals surface area contributed by atoms with Gasteiger partial charge in [-0.15, -0.1) is 21.5 Å². The zero-order valence-electron chi connectivity index (χ0n) is 16.0. The minimum atomic E-state index is 0.726. The molecule has 1 saturated heterocycles. The lowest BCUT2D eigenvalue weighted by molar-refractivity contribution is 0.0330. The van der Waals surface area contributed by atoms with Gasteiger partial charge in [0.15, 0.2) is 5.16 Å². The summed E-state index contributed by atoms with van der Waals surface area (Å²) < 4.78 is 7.38. The molecular weight excluding hydrogens is 404 g/mol. The van der Waals surface area contributed by atoms with Crippen LogP contribution in [0.3, 0.4) is 0 Å². The van der Waals surface area contributed by atoms with Gasteiger partial charge in [-0.1, -0.05) is 30.3 Å². The third-order valence-corrected chi connectivity index (χ3v) is 6.77. The van der Waals surface area contributed by atoms with Crippen molar-refractivity contribution in [2.75, 3.05) is 26.3 Å². The minimum absolute atomic E-state index is 0.726. The number of hydrogen-bond acceptors (Lipinski definition) is 8. The molecule has 4 heterocycles. The Labute approximate surface area is 176 Å². The van der Waals surface area contributed by atoms with E-state index >= 15 is 0 Å². The Morgan fingerprint density at radius 2 is 1.97 bits per heavy atom. The van der Waals surface area contributed by atoms with Crippen molar-refractivity contribution >= 4 is 33.3 Å². The average Bonchev–Trinajstić information content (AvgIpc) is 3.36. The monoisotopic (exact) mass is 424 g/mol. The molecule has 4 aromatic rings. The smallest absolute Gasteiger partial charge is 0.197 e. The molecule has 0 saturated carbocycles. The van der Waals surface area contributed by atoms with Crippen molar-refractivity contribution < 1.29 is 4.74 Å². The van der Waals surface area contributed by atoms with Gasteiger partial charge in [-0.25, -0.2) is 9.97 Å². The molecule has 0 spiro atoms. The molecule has 0 N–H and O–H groups in total. The van der Waals surface area contributed by atoms with E-state index in [0.717, 1.165) is 64.6 Å². The number of aryl methyl sites for hydroxylation is 1. The van der Waals surface area contributed by atoms with Gasteiger partial charge in [-0.05, 0) is 17.3 Å². The molecule has 0 aliphatic carbocycles. The molecule has 5 rings (SSSR count). The van der Waals surface area contributed by atoms with Crippen LogP contribution in [-0.2, 0) is 18.3 Å². The van der Waals surface area contributed by atoms with E-state index in [1.54, 1.807) is 29.4 Å². The van der Waals surface area contributed by atoms with Crippen LogP contribution in [0.1, 0.15) is 5.82 Å². The number of aromatic nitrogens is 5. The highest BCUT2D eigenvalue weighted by Crippen LogP contribution is 2.40. The minimum Gasteiger partial charge on any atom is -0.379 e. The molecule has 0 bridgehead atoms. The van der Waals surface area contributed by atoms with Crippen LogP contribution in [0.25, 0.3) is 21.3 Å². The molecule has 9 heteroatoms. The van der Waals surface area contributed by atoms with Gasteiger partial charge in [0, 0.05) is 31.1 Å². The summed E-state index contributed by atoms with van der Waals surface area (Å²) in [5, 5.41) is 13.2. The first kappa shape index (κ1) is 18.7. The van der Waals surface area contributed by atoms with E-state index in [4.69, 9.17) is 14.7 Å². The Bertz CT molecular complexity index is 1120. The van der Waals surface area contributed by atoms with Crippen molar-refractivity contribution in [3.63, 3.8) is 0 Å². The summed E-state index contributed by atoms with van der Waals surface area (Å²) in [6.07, 6.45) is 1.71. The Kier molecular flexibility index (Phi) is 5.28. The molecule has 3 aromatic heterocycles. The molecule has 148 valence electrons. The molecule has 0 radical (unpaired) electrons. The van der Waals surface area contributed by atoms with Crippen molar-refractivity contribution in [3.05, 3.63) is 47.9 Å². The zero-order chi connectivity index (χ0) is 19.6. The van der Waals surface area contributed by atoms with Gasteiger partial charge in [-0.3, -0.25) is 4.90 Å². The standard InChI is InChI=1S/C20H20N6OS2/c1-25-13-21-24-20(25)29-19-17-15(14-5-3-2-4-6-14)12-28-18(17)22-16(23-19)11-26-7-9-27-10-8-26/h2-6,12-13H,7-11H2,1H3. The number of benzene rings is 1. The van der Waals surface area contributed by atoms with Crippen LogP contribution >= 0.6 is 23.1 Å². The predicted octanol–water partition coefficient (Wildman–Crippen LogP) is 3.47. The third kappa shape index (κ3) is 3.91. The van der Waals surface area contributed by atoms with Gasteiger partial charge in [-0.2, -0.15) is 0 Å². The number of ether oxygens (including phenoxy) is 1. The van der Waals surface area contributed by atoms with Gasteiger partial charge in [0.1, 0.15) is 22.0 Å². The molecule has 29 heavy (non-hydrogen) atoms. The van der Waals surface area contributed by atoms with Crippen LogP contribution in [0.5, 0.6) is 0 Å². The third-order valence-electron chi connectivity index (χ3n) is 4.86. The second kappa shape index (κ2) is 8.19. The highest BCUT2D eigenvalue weighted by Gasteiger charge is 2.20. The van der Waals surface area contributed by atoms with E-state index in [-0.39, 0.29) is 0 Å². The molecule has 0 amide bonds. The molecule has 1 fully saturated rings. The maximum absolute atomic E-state index is 5.46. The van der Waals surface area contributed by atoms with E-state index in [1.165, 1.54) is 5.56 Å². The van der Waals surface area contributed by atoms with Crippen LogP contribution < -0.4 is 0 Å². The lowest BCUT2D eigenvalue weighted by atomic mass is 10.1. The van der Waals surface area contributed by atoms with E-state index in [2.05, 4.69) is 44.7 Å². The zero-order valence-corrected chi connectivity index (χ0v) is 17.6. The second-order valence-electron chi connectivity index (χ2n) is 6.86. The highest BCUT2D eigenvalue weighted by atomic mass is 32.2. The summed E-state index contributed by atoms with van der Waals surface area (Å²) in [6, 6.07) is 10.4. The van der Waals surface area contributed by atoms with E-state index in [0.29, 0.717) is 0 Å². The van der Waals surface area contributed by atoms with Gasteiger partial charge in [0.05, 0.1) is 25.1 Å². The molecule has 0 atom stereocenters. The Morgan fingerprint density at radius 1 is 1.14 bits per heavy atom.